The average Bonchev–Trinajstić information content (AvgIpc) is 2.80. The Hall–Kier alpha value is -3.87. The van der Waals surface area contributed by atoms with E-state index >= 15 is 0 Å². The minimum Gasteiger partial charge on any atom is -0.504 e. The monoisotopic (exact) mass is 420 g/mol. The van der Waals surface area contributed by atoms with Crippen LogP contribution in [0.25, 0.3) is 0 Å². The summed E-state index contributed by atoms with van der Waals surface area (Å²) in [4.78, 5) is 15.1. The summed E-state index contributed by atoms with van der Waals surface area (Å²) in [5.74, 6) is 0.159. The lowest BCUT2D eigenvalue weighted by molar-refractivity contribution is 0.0685. The minimum absolute atomic E-state index is 0.112. The number of phenolic OH excluding ortho intramolecular Hbond substituents is 2. The van der Waals surface area contributed by atoms with Crippen LogP contribution >= 0.6 is 0 Å². The van der Waals surface area contributed by atoms with E-state index in [2.05, 4.69) is 5.32 Å². The summed E-state index contributed by atoms with van der Waals surface area (Å²) >= 11 is 0. The molecule has 0 unspecified atom stereocenters. The van der Waals surface area contributed by atoms with Crippen LogP contribution in [0.4, 0.5) is 5.69 Å². The number of benzene rings is 3. The van der Waals surface area contributed by atoms with E-state index in [0.717, 1.165) is 11.3 Å². The lowest BCUT2D eigenvalue weighted by Crippen LogP contribution is -2.44. The van der Waals surface area contributed by atoms with E-state index in [1.54, 1.807) is 24.1 Å². The van der Waals surface area contributed by atoms with Gasteiger partial charge in [0.25, 0.3) is 5.91 Å². The molecule has 160 valence electrons. The van der Waals surface area contributed by atoms with Gasteiger partial charge in [0.05, 0.1) is 19.8 Å². The first-order valence-electron chi connectivity index (χ1n) is 9.91. The molecule has 7 heteroatoms. The van der Waals surface area contributed by atoms with Crippen molar-refractivity contribution in [2.45, 2.75) is 12.6 Å². The second-order valence-electron chi connectivity index (χ2n) is 7.28. The van der Waals surface area contributed by atoms with Crippen molar-refractivity contribution in [1.82, 2.24) is 4.90 Å². The van der Waals surface area contributed by atoms with Crippen molar-refractivity contribution in [2.75, 3.05) is 26.1 Å². The fraction of sp³-hybridized carbons (Fsp3) is 0.208. The van der Waals surface area contributed by atoms with Crippen LogP contribution in [0.2, 0.25) is 0 Å². The van der Waals surface area contributed by atoms with Crippen molar-refractivity contribution in [3.63, 3.8) is 0 Å². The number of hydrogen-bond acceptors (Lipinski definition) is 6. The molecule has 0 fully saturated rings. The lowest BCUT2D eigenvalue weighted by atomic mass is 10.0. The van der Waals surface area contributed by atoms with Crippen molar-refractivity contribution in [1.29, 1.82) is 0 Å². The van der Waals surface area contributed by atoms with Crippen LogP contribution in [0, 0.1) is 0 Å². The quantitative estimate of drug-likeness (QED) is 0.524. The summed E-state index contributed by atoms with van der Waals surface area (Å²) in [7, 11) is 3.03. The standard InChI is InChI=1S/C24H24N2O5/c1-30-17-9-7-15(8-10-17)11-12-26-23(16-13-20(27)22(28)21(14-16)31-2)25-19-6-4-3-5-18(19)24(26)29/h3-10,13-14,23,25,27-28H,11-12H2,1-2H3/t23-/m1/s1. The molecule has 3 aromatic carbocycles. The summed E-state index contributed by atoms with van der Waals surface area (Å²) in [6, 6.07) is 18.1. The predicted molar refractivity (Wildman–Crippen MR) is 117 cm³/mol. The Labute approximate surface area is 180 Å². The number of fused-ring (bicyclic) bond motifs is 1. The molecule has 1 heterocycles. The van der Waals surface area contributed by atoms with Gasteiger partial charge in [-0.15, -0.1) is 0 Å². The molecule has 0 saturated heterocycles. The number of nitrogens with one attached hydrogen (secondary N) is 1. The zero-order chi connectivity index (χ0) is 22.0. The highest BCUT2D eigenvalue weighted by Gasteiger charge is 2.33. The number of phenols is 2. The fourth-order valence-corrected chi connectivity index (χ4v) is 3.76. The third-order valence-corrected chi connectivity index (χ3v) is 5.44. The highest BCUT2D eigenvalue weighted by Crippen LogP contribution is 2.41. The highest BCUT2D eigenvalue weighted by atomic mass is 16.5. The van der Waals surface area contributed by atoms with Crippen LogP contribution in [0.15, 0.2) is 60.7 Å². The molecule has 1 aliphatic heterocycles. The van der Waals surface area contributed by atoms with Gasteiger partial charge < -0.3 is 29.9 Å². The maximum atomic E-state index is 13.4. The molecule has 0 aromatic heterocycles. The number of amides is 1. The summed E-state index contributed by atoms with van der Waals surface area (Å²) in [5.41, 5.74) is 2.97. The smallest absolute Gasteiger partial charge is 0.257 e. The summed E-state index contributed by atoms with van der Waals surface area (Å²) in [6.07, 6.45) is 0.0955. The van der Waals surface area contributed by atoms with Crippen LogP contribution in [0.5, 0.6) is 23.0 Å². The van der Waals surface area contributed by atoms with E-state index in [0.29, 0.717) is 29.8 Å². The van der Waals surface area contributed by atoms with Gasteiger partial charge in [0.15, 0.2) is 11.5 Å². The molecule has 1 aliphatic rings. The lowest BCUT2D eigenvalue weighted by Gasteiger charge is -2.38. The minimum atomic E-state index is -0.541. The first-order chi connectivity index (χ1) is 15.0. The van der Waals surface area contributed by atoms with Crippen molar-refractivity contribution in [2.24, 2.45) is 0 Å². The number of ether oxygens (including phenoxy) is 2. The van der Waals surface area contributed by atoms with Crippen LogP contribution in [0.3, 0.4) is 0 Å². The molecule has 1 amide bonds. The predicted octanol–water partition coefficient (Wildman–Crippen LogP) is 3.92. The summed E-state index contributed by atoms with van der Waals surface area (Å²) < 4.78 is 10.4. The second-order valence-corrected chi connectivity index (χ2v) is 7.28. The van der Waals surface area contributed by atoms with Crippen molar-refractivity contribution in [3.05, 3.63) is 77.4 Å². The van der Waals surface area contributed by atoms with Gasteiger partial charge in [0.1, 0.15) is 11.9 Å². The maximum absolute atomic E-state index is 13.4. The number of carbonyl (C=O) groups is 1. The summed E-state index contributed by atoms with van der Waals surface area (Å²) in [5, 5.41) is 23.6. The fourth-order valence-electron chi connectivity index (χ4n) is 3.76. The van der Waals surface area contributed by atoms with E-state index in [1.807, 2.05) is 42.5 Å². The van der Waals surface area contributed by atoms with Gasteiger partial charge in [-0.3, -0.25) is 4.79 Å². The van der Waals surface area contributed by atoms with Crippen molar-refractivity contribution >= 4 is 11.6 Å². The highest BCUT2D eigenvalue weighted by molar-refractivity contribution is 6.01. The number of rotatable bonds is 6. The Morgan fingerprint density at radius 1 is 1.00 bits per heavy atom. The molecule has 1 atom stereocenters. The van der Waals surface area contributed by atoms with Gasteiger partial charge in [-0.05, 0) is 48.4 Å². The zero-order valence-electron chi connectivity index (χ0n) is 17.3. The first kappa shape index (κ1) is 20.4. The molecule has 3 aromatic rings. The molecule has 4 rings (SSSR count). The molecule has 3 N–H and O–H groups in total. The Kier molecular flexibility index (Phi) is 5.58. The third kappa shape index (κ3) is 3.94. The Morgan fingerprint density at radius 3 is 2.45 bits per heavy atom. The molecular weight excluding hydrogens is 396 g/mol. The number of para-hydroxylation sites is 1. The van der Waals surface area contributed by atoms with Gasteiger partial charge in [0, 0.05) is 17.8 Å². The first-order valence-corrected chi connectivity index (χ1v) is 9.91. The van der Waals surface area contributed by atoms with Crippen molar-refractivity contribution < 1.29 is 24.5 Å². The van der Waals surface area contributed by atoms with Crippen LogP contribution in [0.1, 0.15) is 27.7 Å². The zero-order valence-corrected chi connectivity index (χ0v) is 17.3. The molecule has 0 spiro atoms. The molecule has 0 bridgehead atoms. The van der Waals surface area contributed by atoms with E-state index < -0.39 is 6.17 Å². The van der Waals surface area contributed by atoms with Crippen LogP contribution in [-0.2, 0) is 6.42 Å². The SMILES string of the molecule is COc1ccc(CCN2C(=O)c3ccccc3N[C@H]2c2cc(O)c(O)c(OC)c2)cc1. The van der Waals surface area contributed by atoms with E-state index in [-0.39, 0.29) is 23.2 Å². The van der Waals surface area contributed by atoms with E-state index in [1.165, 1.54) is 13.2 Å². The van der Waals surface area contributed by atoms with Crippen LogP contribution < -0.4 is 14.8 Å². The normalized spacial score (nSPS) is 15.2. The molecule has 0 aliphatic carbocycles. The Morgan fingerprint density at radius 2 is 1.74 bits per heavy atom. The number of nitrogens with zero attached hydrogens (tertiary/aromatic N) is 1. The van der Waals surface area contributed by atoms with E-state index in [4.69, 9.17) is 9.47 Å². The molecular formula is C24H24N2O5. The van der Waals surface area contributed by atoms with Gasteiger partial charge in [-0.1, -0.05) is 24.3 Å². The molecule has 31 heavy (non-hydrogen) atoms. The Bertz CT molecular complexity index is 1100. The third-order valence-electron chi connectivity index (χ3n) is 5.44. The van der Waals surface area contributed by atoms with E-state index in [9.17, 15) is 15.0 Å². The maximum Gasteiger partial charge on any atom is 0.257 e. The Balaban J connectivity index is 1.68. The number of carbonyl (C=O) groups excluding carboxylic acids is 1. The number of hydrogen-bond donors (Lipinski definition) is 3. The van der Waals surface area contributed by atoms with Crippen molar-refractivity contribution in [3.8, 4) is 23.0 Å². The second kappa shape index (κ2) is 8.47. The summed E-state index contributed by atoms with van der Waals surface area (Å²) in [6.45, 7) is 0.446. The molecule has 0 radical (unpaired) electrons. The number of methoxy groups -OCH3 is 2. The number of anilines is 1. The average molecular weight is 420 g/mol. The van der Waals surface area contributed by atoms with Gasteiger partial charge >= 0.3 is 0 Å². The number of aromatic hydroxyl groups is 2. The topological polar surface area (TPSA) is 91.3 Å². The molecule has 7 nitrogen and oxygen atoms in total. The largest absolute Gasteiger partial charge is 0.504 e. The van der Waals surface area contributed by atoms with Gasteiger partial charge in [0.2, 0.25) is 5.75 Å². The van der Waals surface area contributed by atoms with Crippen LogP contribution in [-0.4, -0.2) is 41.8 Å². The van der Waals surface area contributed by atoms with Gasteiger partial charge in [-0.2, -0.15) is 0 Å². The van der Waals surface area contributed by atoms with Gasteiger partial charge in [-0.25, -0.2) is 0 Å². The molecule has 0 saturated carbocycles.